The zero-order valence-electron chi connectivity index (χ0n) is 11.8. The zero-order chi connectivity index (χ0) is 16.2. The van der Waals surface area contributed by atoms with Crippen LogP contribution in [0.5, 0.6) is 5.75 Å². The van der Waals surface area contributed by atoms with Gasteiger partial charge in [-0.2, -0.15) is 0 Å². The van der Waals surface area contributed by atoms with Crippen LogP contribution in [0.2, 0.25) is 0 Å². The molecule has 4 nitrogen and oxygen atoms in total. The van der Waals surface area contributed by atoms with E-state index in [-0.39, 0.29) is 10.6 Å². The molecule has 0 aromatic heterocycles. The van der Waals surface area contributed by atoms with E-state index in [2.05, 4.69) is 20.7 Å². The third-order valence-electron chi connectivity index (χ3n) is 2.79. The van der Waals surface area contributed by atoms with Crippen molar-refractivity contribution in [2.24, 2.45) is 0 Å². The van der Waals surface area contributed by atoms with Crippen LogP contribution in [0.3, 0.4) is 0 Å². The molecule has 2 rings (SSSR count). The molecule has 0 aliphatic carbocycles. The lowest BCUT2D eigenvalue weighted by Crippen LogP contribution is -2.14. The molecule has 0 saturated carbocycles. The summed E-state index contributed by atoms with van der Waals surface area (Å²) in [5, 5.41) is 0. The average molecular weight is 388 g/mol. The maximum absolute atomic E-state index is 13.6. The van der Waals surface area contributed by atoms with E-state index in [1.165, 1.54) is 30.3 Å². The molecular weight excluding hydrogens is 373 g/mol. The summed E-state index contributed by atoms with van der Waals surface area (Å²) in [6.07, 6.45) is 0.802. The van der Waals surface area contributed by atoms with Gasteiger partial charge in [0.15, 0.2) is 0 Å². The summed E-state index contributed by atoms with van der Waals surface area (Å²) < 4.78 is 46.6. The number of sulfonamides is 1. The molecule has 0 radical (unpaired) electrons. The van der Waals surface area contributed by atoms with Gasteiger partial charge < -0.3 is 4.74 Å². The van der Waals surface area contributed by atoms with Crippen molar-refractivity contribution < 1.29 is 17.5 Å². The molecule has 2 aromatic rings. The molecule has 22 heavy (non-hydrogen) atoms. The van der Waals surface area contributed by atoms with E-state index >= 15 is 0 Å². The van der Waals surface area contributed by atoms with Crippen LogP contribution in [0, 0.1) is 5.82 Å². The Bertz CT molecular complexity index is 765. The van der Waals surface area contributed by atoms with E-state index in [4.69, 9.17) is 4.74 Å². The summed E-state index contributed by atoms with van der Waals surface area (Å²) in [7, 11) is -3.89. The highest BCUT2D eigenvalue weighted by molar-refractivity contribution is 9.10. The first-order valence-electron chi connectivity index (χ1n) is 6.63. The van der Waals surface area contributed by atoms with Crippen LogP contribution in [0.1, 0.15) is 13.3 Å². The number of rotatable bonds is 6. The highest BCUT2D eigenvalue weighted by Crippen LogP contribution is 2.29. The first-order valence-corrected chi connectivity index (χ1v) is 8.91. The fraction of sp³-hybridized carbons (Fsp3) is 0.200. The molecule has 0 atom stereocenters. The van der Waals surface area contributed by atoms with Gasteiger partial charge in [0.1, 0.15) is 11.6 Å². The number of anilines is 1. The lowest BCUT2D eigenvalue weighted by molar-refractivity contribution is 0.314. The van der Waals surface area contributed by atoms with Crippen molar-refractivity contribution in [2.75, 3.05) is 11.3 Å². The maximum Gasteiger partial charge on any atom is 0.262 e. The van der Waals surface area contributed by atoms with Gasteiger partial charge in [-0.3, -0.25) is 4.72 Å². The fourth-order valence-corrected chi connectivity index (χ4v) is 3.16. The minimum Gasteiger partial charge on any atom is -0.492 e. The van der Waals surface area contributed by atoms with Crippen molar-refractivity contribution in [2.45, 2.75) is 18.2 Å². The van der Waals surface area contributed by atoms with Gasteiger partial charge in [0.25, 0.3) is 10.0 Å². The molecule has 2 aromatic carbocycles. The lowest BCUT2D eigenvalue weighted by Gasteiger charge is -2.12. The van der Waals surface area contributed by atoms with Gasteiger partial charge in [0.05, 0.1) is 21.7 Å². The van der Waals surface area contributed by atoms with Crippen LogP contribution in [0.15, 0.2) is 51.8 Å². The number of para-hydroxylation sites is 1. The van der Waals surface area contributed by atoms with Crippen LogP contribution in [-0.4, -0.2) is 15.0 Å². The highest BCUT2D eigenvalue weighted by atomic mass is 79.9. The molecule has 0 heterocycles. The second-order valence-electron chi connectivity index (χ2n) is 4.53. The van der Waals surface area contributed by atoms with Crippen molar-refractivity contribution in [3.8, 4) is 5.75 Å². The zero-order valence-corrected chi connectivity index (χ0v) is 14.2. The van der Waals surface area contributed by atoms with Gasteiger partial charge >= 0.3 is 0 Å². The monoisotopic (exact) mass is 387 g/mol. The Labute approximate surface area is 137 Å². The number of ether oxygens (including phenoxy) is 1. The lowest BCUT2D eigenvalue weighted by atomic mass is 10.3. The Hall–Kier alpha value is -1.60. The maximum atomic E-state index is 13.6. The Balaban J connectivity index is 2.31. The molecule has 1 N–H and O–H groups in total. The molecule has 0 fully saturated rings. The van der Waals surface area contributed by atoms with Gasteiger partial charge in [-0.1, -0.05) is 19.1 Å². The molecule has 0 unspecified atom stereocenters. The quantitative estimate of drug-likeness (QED) is 0.808. The van der Waals surface area contributed by atoms with Gasteiger partial charge in [-0.25, -0.2) is 12.8 Å². The van der Waals surface area contributed by atoms with Crippen LogP contribution >= 0.6 is 15.9 Å². The largest absolute Gasteiger partial charge is 0.492 e. The van der Waals surface area contributed by atoms with Crippen LogP contribution in [0.25, 0.3) is 0 Å². The highest BCUT2D eigenvalue weighted by Gasteiger charge is 2.18. The van der Waals surface area contributed by atoms with Gasteiger partial charge in [-0.05, 0) is 46.6 Å². The standard InChI is InChI=1S/C15H15BrFNO3S/c1-2-9-21-15-10-11(7-8-12(15)16)22(19,20)18-14-6-4-3-5-13(14)17/h3-8,10,18H,2,9H2,1H3. The summed E-state index contributed by atoms with van der Waals surface area (Å²) in [6.45, 7) is 2.43. The van der Waals surface area contributed by atoms with Crippen molar-refractivity contribution >= 4 is 31.6 Å². The fourth-order valence-electron chi connectivity index (χ4n) is 1.72. The Morgan fingerprint density at radius 3 is 2.64 bits per heavy atom. The molecule has 0 aliphatic heterocycles. The summed E-state index contributed by atoms with van der Waals surface area (Å²) in [6, 6.07) is 10.0. The van der Waals surface area contributed by atoms with Crippen molar-refractivity contribution in [3.63, 3.8) is 0 Å². The molecule has 0 saturated heterocycles. The van der Waals surface area contributed by atoms with E-state index in [9.17, 15) is 12.8 Å². The van der Waals surface area contributed by atoms with Crippen molar-refractivity contribution in [3.05, 3.63) is 52.8 Å². The van der Waals surface area contributed by atoms with E-state index < -0.39 is 15.8 Å². The van der Waals surface area contributed by atoms with Gasteiger partial charge in [0, 0.05) is 6.07 Å². The topological polar surface area (TPSA) is 55.4 Å². The molecule has 7 heteroatoms. The third-order valence-corrected chi connectivity index (χ3v) is 4.81. The Morgan fingerprint density at radius 2 is 1.95 bits per heavy atom. The molecule has 0 spiro atoms. The second-order valence-corrected chi connectivity index (χ2v) is 7.06. The molecule has 118 valence electrons. The first-order chi connectivity index (χ1) is 10.4. The number of hydrogen-bond acceptors (Lipinski definition) is 3. The van der Waals surface area contributed by atoms with Crippen LogP contribution in [0.4, 0.5) is 10.1 Å². The minimum atomic E-state index is -3.89. The van der Waals surface area contributed by atoms with Gasteiger partial charge in [0.2, 0.25) is 0 Å². The molecule has 0 amide bonds. The summed E-state index contributed by atoms with van der Waals surface area (Å²) in [4.78, 5) is 0.00468. The predicted octanol–water partition coefficient (Wildman–Crippen LogP) is 4.18. The van der Waals surface area contributed by atoms with E-state index in [1.807, 2.05) is 6.92 Å². The third kappa shape index (κ3) is 3.98. The minimum absolute atomic E-state index is 0.00468. The smallest absolute Gasteiger partial charge is 0.262 e. The van der Waals surface area contributed by atoms with Crippen molar-refractivity contribution in [1.29, 1.82) is 0 Å². The molecule has 0 aliphatic rings. The average Bonchev–Trinajstić information content (AvgIpc) is 2.48. The van der Waals surface area contributed by atoms with Crippen LogP contribution < -0.4 is 9.46 Å². The SMILES string of the molecule is CCCOc1cc(S(=O)(=O)Nc2ccccc2F)ccc1Br. The van der Waals surface area contributed by atoms with Gasteiger partial charge in [-0.15, -0.1) is 0 Å². The van der Waals surface area contributed by atoms with Crippen LogP contribution in [-0.2, 0) is 10.0 Å². The first kappa shape index (κ1) is 16.8. The normalized spacial score (nSPS) is 11.2. The number of hydrogen-bond donors (Lipinski definition) is 1. The summed E-state index contributed by atoms with van der Waals surface area (Å²) in [5.74, 6) is -0.205. The number of nitrogens with one attached hydrogen (secondary N) is 1. The molecule has 0 bridgehead atoms. The molecular formula is C15H15BrFNO3S. The van der Waals surface area contributed by atoms with Crippen molar-refractivity contribution in [1.82, 2.24) is 0 Å². The van der Waals surface area contributed by atoms with E-state index in [0.717, 1.165) is 6.42 Å². The summed E-state index contributed by atoms with van der Waals surface area (Å²) >= 11 is 3.31. The summed E-state index contributed by atoms with van der Waals surface area (Å²) in [5.41, 5.74) is -0.0959. The number of benzene rings is 2. The number of halogens is 2. The predicted molar refractivity (Wildman–Crippen MR) is 87.1 cm³/mol. The Kier molecular flexibility index (Phi) is 5.42. The second kappa shape index (κ2) is 7.11. The Morgan fingerprint density at radius 1 is 1.23 bits per heavy atom. The van der Waals surface area contributed by atoms with E-state index in [0.29, 0.717) is 16.8 Å². The van der Waals surface area contributed by atoms with E-state index in [1.54, 1.807) is 12.1 Å².